The van der Waals surface area contributed by atoms with Crippen molar-refractivity contribution in [3.8, 4) is 0 Å². The van der Waals surface area contributed by atoms with E-state index in [9.17, 15) is 0 Å². The van der Waals surface area contributed by atoms with Crippen LogP contribution in [0.5, 0.6) is 0 Å². The molecule has 1 atom stereocenters. The smallest absolute Gasteiger partial charge is 0.0633 e. The first-order chi connectivity index (χ1) is 20.1. The van der Waals surface area contributed by atoms with Crippen molar-refractivity contribution >= 4 is 27.8 Å². The first-order valence-corrected chi connectivity index (χ1v) is 14.8. The lowest BCUT2D eigenvalue weighted by atomic mass is 9.79. The van der Waals surface area contributed by atoms with Gasteiger partial charge in [-0.05, 0) is 107 Å². The quantitative estimate of drug-likeness (QED) is 0.222. The van der Waals surface area contributed by atoms with Crippen LogP contribution in [0.3, 0.4) is 0 Å². The number of nitrogens with zero attached hydrogens (tertiary/aromatic N) is 1. The Kier molecular flexibility index (Phi) is 7.81. The fourth-order valence-electron chi connectivity index (χ4n) is 6.39. The van der Waals surface area contributed by atoms with Gasteiger partial charge >= 0.3 is 0 Å². The van der Waals surface area contributed by atoms with E-state index in [1.165, 1.54) is 49.8 Å². The molecule has 3 aliphatic carbocycles. The molecule has 0 N–H and O–H groups in total. The zero-order valence-corrected chi connectivity index (χ0v) is 24.2. The minimum atomic E-state index is 0.340. The molecule has 1 nitrogen and oxygen atoms in total. The molecule has 0 aliphatic heterocycles. The lowest BCUT2D eigenvalue weighted by molar-refractivity contribution is 0.751. The third kappa shape index (κ3) is 5.73. The first-order valence-electron chi connectivity index (χ1n) is 14.8. The van der Waals surface area contributed by atoms with E-state index in [0.717, 1.165) is 49.1 Å². The van der Waals surface area contributed by atoms with Crippen molar-refractivity contribution in [2.45, 2.75) is 46.0 Å². The van der Waals surface area contributed by atoms with Crippen LogP contribution in [0.4, 0.5) is 0 Å². The Balaban J connectivity index is 1.32. The van der Waals surface area contributed by atoms with E-state index in [2.05, 4.69) is 117 Å². The number of hydrogen-bond acceptors (Lipinski definition) is 1. The van der Waals surface area contributed by atoms with Gasteiger partial charge in [-0.1, -0.05) is 110 Å². The van der Waals surface area contributed by atoms with Crippen molar-refractivity contribution in [2.24, 2.45) is 10.9 Å². The van der Waals surface area contributed by atoms with Crippen LogP contribution in [0.15, 0.2) is 154 Å². The minimum absolute atomic E-state index is 0.340. The average Bonchev–Trinajstić information content (AvgIpc) is 3.22. The third-order valence-corrected chi connectivity index (χ3v) is 8.49. The molecule has 1 unspecified atom stereocenters. The molecule has 0 amide bonds. The predicted molar refractivity (Wildman–Crippen MR) is 177 cm³/mol. The number of benzene rings is 3. The summed E-state index contributed by atoms with van der Waals surface area (Å²) in [6.07, 6.45) is 19.0. The van der Waals surface area contributed by atoms with Gasteiger partial charge in [0, 0.05) is 11.6 Å². The topological polar surface area (TPSA) is 12.4 Å². The monoisotopic (exact) mass is 531 g/mol. The second kappa shape index (κ2) is 12.0. The normalized spacial score (nSPS) is 19.4. The van der Waals surface area contributed by atoms with E-state index in [1.807, 2.05) is 18.2 Å². The number of hydrogen-bond donors (Lipinski definition) is 0. The maximum Gasteiger partial charge on any atom is 0.0633 e. The van der Waals surface area contributed by atoms with Crippen LogP contribution >= 0.6 is 0 Å². The van der Waals surface area contributed by atoms with Gasteiger partial charge in [-0.25, -0.2) is 0 Å². The fraction of sp³-hybridized carbons (Fsp3) is 0.200. The highest BCUT2D eigenvalue weighted by Crippen LogP contribution is 2.41. The second-order valence-corrected chi connectivity index (χ2v) is 11.2. The summed E-state index contributed by atoms with van der Waals surface area (Å²) in [7, 11) is 0. The lowest BCUT2D eigenvalue weighted by Crippen LogP contribution is -2.12. The SMILES string of the molecule is C=C(/N=C(\C)C1=CC=CC(C2=CCCC(C3=C(c4cccc5ccccc45)CCC=C=C3C)=C2)C1)c1ccccc1. The van der Waals surface area contributed by atoms with Crippen LogP contribution in [0, 0.1) is 5.92 Å². The van der Waals surface area contributed by atoms with Crippen LogP contribution in [0.2, 0.25) is 0 Å². The Morgan fingerprint density at radius 3 is 2.61 bits per heavy atom. The molecule has 0 saturated heterocycles. The Labute approximate surface area is 244 Å². The number of fused-ring (bicyclic) bond motifs is 1. The van der Waals surface area contributed by atoms with E-state index in [0.29, 0.717) is 5.92 Å². The van der Waals surface area contributed by atoms with Crippen LogP contribution in [0.25, 0.3) is 22.0 Å². The summed E-state index contributed by atoms with van der Waals surface area (Å²) in [5, 5.41) is 2.63. The molecular weight excluding hydrogens is 494 g/mol. The number of aliphatic imine (C=N–C) groups is 1. The summed E-state index contributed by atoms with van der Waals surface area (Å²) >= 11 is 0. The molecule has 202 valence electrons. The van der Waals surface area contributed by atoms with Gasteiger partial charge in [0.1, 0.15) is 0 Å². The molecule has 3 aromatic rings. The van der Waals surface area contributed by atoms with Gasteiger partial charge in [-0.2, -0.15) is 0 Å². The zero-order chi connectivity index (χ0) is 28.2. The minimum Gasteiger partial charge on any atom is -0.253 e. The Morgan fingerprint density at radius 2 is 1.73 bits per heavy atom. The molecule has 0 bridgehead atoms. The Morgan fingerprint density at radius 1 is 0.927 bits per heavy atom. The molecular formula is C40H37N. The summed E-state index contributed by atoms with van der Waals surface area (Å²) in [5.41, 5.74) is 16.1. The summed E-state index contributed by atoms with van der Waals surface area (Å²) in [6.45, 7) is 8.58. The predicted octanol–water partition coefficient (Wildman–Crippen LogP) is 10.8. The molecule has 0 radical (unpaired) electrons. The van der Waals surface area contributed by atoms with Gasteiger partial charge < -0.3 is 0 Å². The first kappa shape index (κ1) is 26.8. The summed E-state index contributed by atoms with van der Waals surface area (Å²) in [6, 6.07) is 25.7. The maximum atomic E-state index is 4.89. The highest BCUT2D eigenvalue weighted by molar-refractivity contribution is 6.01. The summed E-state index contributed by atoms with van der Waals surface area (Å²) < 4.78 is 0. The fourth-order valence-corrected chi connectivity index (χ4v) is 6.39. The van der Waals surface area contributed by atoms with Crippen molar-refractivity contribution in [2.75, 3.05) is 0 Å². The maximum absolute atomic E-state index is 4.89. The zero-order valence-electron chi connectivity index (χ0n) is 24.2. The van der Waals surface area contributed by atoms with Crippen molar-refractivity contribution in [1.82, 2.24) is 0 Å². The third-order valence-electron chi connectivity index (χ3n) is 8.49. The molecule has 3 aromatic carbocycles. The van der Waals surface area contributed by atoms with Crippen molar-refractivity contribution < 1.29 is 0 Å². The standard InChI is InChI=1S/C40H37N/c1-28-14-7-9-24-39(38-25-13-18-32-17-8-10-23-37(32)38)40(28)36-22-12-21-35(27-36)34-20-11-19-33(26-34)30(3)41-29(2)31-15-5-4-6-16-31/h4-8,10-11,13,15-21,23,25,27,34H,2,9,12,22,24,26H2,1,3H3/b41-30+. The highest BCUT2D eigenvalue weighted by Gasteiger charge is 2.23. The molecule has 41 heavy (non-hydrogen) atoms. The van der Waals surface area contributed by atoms with Crippen molar-refractivity contribution in [3.63, 3.8) is 0 Å². The van der Waals surface area contributed by atoms with Gasteiger partial charge in [0.25, 0.3) is 0 Å². The number of allylic oxidation sites excluding steroid dienone is 11. The largest absolute Gasteiger partial charge is 0.253 e. The number of rotatable bonds is 6. The van der Waals surface area contributed by atoms with E-state index in [-0.39, 0.29) is 0 Å². The van der Waals surface area contributed by atoms with Gasteiger partial charge in [-0.15, -0.1) is 5.73 Å². The second-order valence-electron chi connectivity index (χ2n) is 11.2. The van der Waals surface area contributed by atoms with Crippen molar-refractivity contribution in [1.29, 1.82) is 0 Å². The molecule has 0 spiro atoms. The van der Waals surface area contributed by atoms with Crippen LogP contribution in [-0.2, 0) is 0 Å². The van der Waals surface area contributed by atoms with Gasteiger partial charge in [0.2, 0.25) is 0 Å². The van der Waals surface area contributed by atoms with Gasteiger partial charge in [0.05, 0.1) is 5.70 Å². The van der Waals surface area contributed by atoms with Crippen LogP contribution in [0.1, 0.15) is 57.1 Å². The Bertz CT molecular complexity index is 1750. The molecule has 0 heterocycles. The van der Waals surface area contributed by atoms with E-state index < -0.39 is 0 Å². The lowest BCUT2D eigenvalue weighted by Gasteiger charge is -2.25. The highest BCUT2D eigenvalue weighted by atomic mass is 14.8. The Hall–Kier alpha value is -4.45. The van der Waals surface area contributed by atoms with E-state index >= 15 is 0 Å². The van der Waals surface area contributed by atoms with E-state index in [1.54, 1.807) is 0 Å². The van der Waals surface area contributed by atoms with Crippen LogP contribution in [-0.4, -0.2) is 5.71 Å². The van der Waals surface area contributed by atoms with Gasteiger partial charge in [-0.3, -0.25) is 4.99 Å². The molecule has 0 fully saturated rings. The van der Waals surface area contributed by atoms with Gasteiger partial charge in [0.15, 0.2) is 0 Å². The van der Waals surface area contributed by atoms with E-state index in [4.69, 9.17) is 4.99 Å². The van der Waals surface area contributed by atoms with Crippen molar-refractivity contribution in [3.05, 3.63) is 161 Å². The molecule has 1 heteroatoms. The molecule has 0 aromatic heterocycles. The van der Waals surface area contributed by atoms with Crippen LogP contribution < -0.4 is 0 Å². The average molecular weight is 532 g/mol. The molecule has 6 rings (SSSR count). The summed E-state index contributed by atoms with van der Waals surface area (Å²) in [5.74, 6) is 0.340. The summed E-state index contributed by atoms with van der Waals surface area (Å²) in [4.78, 5) is 4.89. The molecule has 3 aliphatic rings. The molecule has 0 saturated carbocycles.